The highest BCUT2D eigenvalue weighted by Gasteiger charge is 2.27. The zero-order valence-corrected chi connectivity index (χ0v) is 20.8. The Bertz CT molecular complexity index is 1160. The first-order valence-electron chi connectivity index (χ1n) is 11.9. The molecule has 0 aliphatic carbocycles. The third kappa shape index (κ3) is 5.45. The van der Waals surface area contributed by atoms with E-state index in [1.165, 1.54) is 12.1 Å². The summed E-state index contributed by atoms with van der Waals surface area (Å²) >= 11 is 5.81. The fourth-order valence-corrected chi connectivity index (χ4v) is 4.42. The lowest BCUT2D eigenvalue weighted by Crippen LogP contribution is -2.44. The van der Waals surface area contributed by atoms with Crippen molar-refractivity contribution in [3.63, 3.8) is 0 Å². The van der Waals surface area contributed by atoms with Crippen LogP contribution >= 0.6 is 12.2 Å². The highest BCUT2D eigenvalue weighted by atomic mass is 32.1. The Labute approximate surface area is 205 Å². The molecule has 4 rings (SSSR count). The van der Waals surface area contributed by atoms with Crippen molar-refractivity contribution >= 4 is 18.1 Å². The van der Waals surface area contributed by atoms with Gasteiger partial charge in [-0.15, -0.1) is 5.10 Å². The van der Waals surface area contributed by atoms with Gasteiger partial charge in [0.2, 0.25) is 10.7 Å². The van der Waals surface area contributed by atoms with Gasteiger partial charge in [0.25, 0.3) is 0 Å². The number of benzene rings is 2. The first-order chi connectivity index (χ1) is 16.3. The molecule has 1 fully saturated rings. The molecule has 1 saturated heterocycles. The number of likely N-dealkylation sites (tertiary alicyclic amines) is 1. The number of carbonyl (C=O) groups is 1. The number of nitrogens with zero attached hydrogens (tertiary/aromatic N) is 4. The van der Waals surface area contributed by atoms with E-state index in [1.807, 2.05) is 39.6 Å². The fraction of sp³-hybridized carbons (Fsp3) is 0.423. The van der Waals surface area contributed by atoms with E-state index in [1.54, 1.807) is 12.1 Å². The van der Waals surface area contributed by atoms with E-state index in [9.17, 15) is 9.18 Å². The lowest BCUT2D eigenvalue weighted by atomic mass is 9.95. The van der Waals surface area contributed by atoms with Gasteiger partial charge in [-0.2, -0.15) is 0 Å². The highest BCUT2D eigenvalue weighted by molar-refractivity contribution is 7.71. The molecule has 0 saturated carbocycles. The minimum absolute atomic E-state index is 0.0436. The lowest BCUT2D eigenvalue weighted by molar-refractivity contribution is -0.127. The summed E-state index contributed by atoms with van der Waals surface area (Å²) in [5.74, 6) is 1.04. The Kier molecular flexibility index (Phi) is 7.58. The molecule has 0 spiro atoms. The molecule has 1 unspecified atom stereocenters. The van der Waals surface area contributed by atoms with Crippen LogP contribution in [0.25, 0.3) is 17.1 Å². The number of carbonyl (C=O) groups excluding carboxylic acids is 1. The number of hydrogen-bond donors (Lipinski definition) is 1. The van der Waals surface area contributed by atoms with Crippen molar-refractivity contribution in [1.29, 1.82) is 0 Å². The third-order valence-corrected chi connectivity index (χ3v) is 7.01. The third-order valence-electron chi connectivity index (χ3n) is 6.62. The lowest BCUT2D eigenvalue weighted by Gasteiger charge is -2.32. The quantitative estimate of drug-likeness (QED) is 0.481. The predicted octanol–water partition coefficient (Wildman–Crippen LogP) is 5.04. The van der Waals surface area contributed by atoms with Gasteiger partial charge >= 0.3 is 0 Å². The average Bonchev–Trinajstić information content (AvgIpc) is 3.16. The largest absolute Gasteiger partial charge is 0.353 e. The van der Waals surface area contributed by atoms with Crippen LogP contribution < -0.4 is 5.32 Å². The van der Waals surface area contributed by atoms with Crippen molar-refractivity contribution in [2.75, 3.05) is 13.1 Å². The minimum Gasteiger partial charge on any atom is -0.353 e. The van der Waals surface area contributed by atoms with Crippen molar-refractivity contribution in [2.24, 2.45) is 11.8 Å². The molecule has 8 heteroatoms. The molecular weight excluding hydrogens is 449 g/mol. The van der Waals surface area contributed by atoms with E-state index in [-0.39, 0.29) is 23.7 Å². The van der Waals surface area contributed by atoms with E-state index in [4.69, 9.17) is 17.3 Å². The summed E-state index contributed by atoms with van der Waals surface area (Å²) in [7, 11) is 0. The first-order valence-corrected chi connectivity index (χ1v) is 12.3. The molecule has 2 aromatic carbocycles. The van der Waals surface area contributed by atoms with E-state index < -0.39 is 0 Å². The van der Waals surface area contributed by atoms with Crippen LogP contribution in [-0.2, 0) is 11.5 Å². The van der Waals surface area contributed by atoms with Crippen molar-refractivity contribution in [3.05, 3.63) is 65.2 Å². The van der Waals surface area contributed by atoms with Crippen molar-refractivity contribution in [1.82, 2.24) is 24.6 Å². The maximum absolute atomic E-state index is 13.5. The van der Waals surface area contributed by atoms with E-state index in [2.05, 4.69) is 31.0 Å². The molecule has 1 atom stereocenters. The molecule has 1 amide bonds. The first kappa shape index (κ1) is 24.3. The van der Waals surface area contributed by atoms with Gasteiger partial charge < -0.3 is 5.32 Å². The van der Waals surface area contributed by atoms with Crippen LogP contribution in [0.5, 0.6) is 0 Å². The average molecular weight is 482 g/mol. The van der Waals surface area contributed by atoms with Crippen molar-refractivity contribution in [3.8, 4) is 17.1 Å². The van der Waals surface area contributed by atoms with Crippen molar-refractivity contribution in [2.45, 2.75) is 46.3 Å². The van der Waals surface area contributed by atoms with Crippen LogP contribution in [0.3, 0.4) is 0 Å². The van der Waals surface area contributed by atoms with Crippen LogP contribution in [0.1, 0.15) is 33.6 Å². The highest BCUT2D eigenvalue weighted by Crippen LogP contribution is 2.24. The Balaban J connectivity index is 1.52. The Morgan fingerprint density at radius 2 is 1.74 bits per heavy atom. The monoisotopic (exact) mass is 481 g/mol. The minimum atomic E-state index is -0.293. The zero-order chi connectivity index (χ0) is 24.2. The summed E-state index contributed by atoms with van der Waals surface area (Å²) in [5, 5.41) is 8.00. The van der Waals surface area contributed by atoms with Gasteiger partial charge in [-0.05, 0) is 62.2 Å². The topological polar surface area (TPSA) is 55.1 Å². The molecule has 1 N–H and O–H groups in total. The van der Waals surface area contributed by atoms with Gasteiger partial charge in [-0.3, -0.25) is 14.3 Å². The van der Waals surface area contributed by atoms with Crippen LogP contribution in [0, 0.1) is 22.4 Å². The summed E-state index contributed by atoms with van der Waals surface area (Å²) in [6.45, 7) is 8.45. The summed E-state index contributed by atoms with van der Waals surface area (Å²) < 4.78 is 17.8. The SMILES string of the molecule is CC(C)C(C)NC(=O)C1CCN(Cn2nc(-c3ccccc3)n(-c3ccc(F)cc3)c2=S)CC1. The molecule has 1 aliphatic rings. The van der Waals surface area contributed by atoms with Gasteiger partial charge in [0, 0.05) is 30.6 Å². The Hall–Kier alpha value is -2.84. The molecule has 3 aromatic rings. The molecule has 34 heavy (non-hydrogen) atoms. The number of piperidine rings is 1. The standard InChI is InChI=1S/C26H32FN5OS/c1-18(2)19(3)28-25(33)21-13-15-30(16-14-21)17-31-26(34)32(23-11-9-22(27)10-12-23)24(29-31)20-7-5-4-6-8-20/h4-12,18-19,21H,13-17H2,1-3H3,(H,28,33). The number of amides is 1. The second-order valence-electron chi connectivity index (χ2n) is 9.36. The van der Waals surface area contributed by atoms with Gasteiger partial charge in [0.05, 0.1) is 12.4 Å². The molecule has 6 nitrogen and oxygen atoms in total. The summed E-state index contributed by atoms with van der Waals surface area (Å²) in [4.78, 5) is 14.9. The molecule has 1 aliphatic heterocycles. The summed E-state index contributed by atoms with van der Waals surface area (Å²) in [6.07, 6.45) is 1.63. The molecule has 1 aromatic heterocycles. The zero-order valence-electron chi connectivity index (χ0n) is 19.9. The molecule has 0 radical (unpaired) electrons. The predicted molar refractivity (Wildman–Crippen MR) is 135 cm³/mol. The smallest absolute Gasteiger partial charge is 0.223 e. The second kappa shape index (κ2) is 10.6. The second-order valence-corrected chi connectivity index (χ2v) is 9.72. The summed E-state index contributed by atoms with van der Waals surface area (Å²) in [5.41, 5.74) is 1.71. The maximum Gasteiger partial charge on any atom is 0.223 e. The van der Waals surface area contributed by atoms with Crippen molar-refractivity contribution < 1.29 is 9.18 Å². The summed E-state index contributed by atoms with van der Waals surface area (Å²) in [6, 6.07) is 16.3. The van der Waals surface area contributed by atoms with Crippen LogP contribution in [0.4, 0.5) is 4.39 Å². The van der Waals surface area contributed by atoms with Crippen LogP contribution in [-0.4, -0.2) is 44.3 Å². The van der Waals surface area contributed by atoms with E-state index in [0.29, 0.717) is 23.2 Å². The Morgan fingerprint density at radius 1 is 1.09 bits per heavy atom. The molecule has 180 valence electrons. The van der Waals surface area contributed by atoms with Crippen LogP contribution in [0.2, 0.25) is 0 Å². The van der Waals surface area contributed by atoms with E-state index >= 15 is 0 Å². The number of rotatable bonds is 7. The molecular formula is C26H32FN5OS. The maximum atomic E-state index is 13.5. The van der Waals surface area contributed by atoms with Gasteiger partial charge in [-0.1, -0.05) is 44.2 Å². The Morgan fingerprint density at radius 3 is 2.35 bits per heavy atom. The number of aromatic nitrogens is 3. The number of hydrogen-bond acceptors (Lipinski definition) is 4. The van der Waals surface area contributed by atoms with Gasteiger partial charge in [0.1, 0.15) is 5.82 Å². The molecule has 0 bridgehead atoms. The fourth-order valence-electron chi connectivity index (χ4n) is 4.13. The number of halogens is 1. The van der Waals surface area contributed by atoms with Gasteiger partial charge in [0.15, 0.2) is 5.82 Å². The van der Waals surface area contributed by atoms with Crippen LogP contribution in [0.15, 0.2) is 54.6 Å². The molecule has 2 heterocycles. The number of nitrogens with one attached hydrogen (secondary N) is 1. The van der Waals surface area contributed by atoms with Gasteiger partial charge in [-0.25, -0.2) is 9.07 Å². The normalized spacial score (nSPS) is 16.0. The van der Waals surface area contributed by atoms with E-state index in [0.717, 1.165) is 37.2 Å².